The molecule has 0 saturated carbocycles. The van der Waals surface area contributed by atoms with E-state index in [2.05, 4.69) is 54.9 Å². The van der Waals surface area contributed by atoms with Crippen LogP contribution in [0.3, 0.4) is 0 Å². The molecule has 1 heteroatoms. The maximum absolute atomic E-state index is 2.43. The second-order valence-electron chi connectivity index (χ2n) is 5.26. The van der Waals surface area contributed by atoms with Gasteiger partial charge in [0.2, 0.25) is 0 Å². The second-order valence-corrected chi connectivity index (χ2v) is 5.26. The van der Waals surface area contributed by atoms with Crippen LogP contribution in [0.15, 0.2) is 36.4 Å². The molecule has 1 heterocycles. The van der Waals surface area contributed by atoms with Gasteiger partial charge in [0.05, 0.1) is 0 Å². The Labute approximate surface area is 103 Å². The van der Waals surface area contributed by atoms with Crippen LogP contribution in [-0.4, -0.2) is 4.57 Å². The van der Waals surface area contributed by atoms with Crippen LogP contribution in [0.25, 0.3) is 16.5 Å². The quantitative estimate of drug-likeness (QED) is 0.678. The zero-order valence-electron chi connectivity index (χ0n) is 10.6. The monoisotopic (exact) mass is 225 g/mol. The molecule has 1 nitrogen and oxygen atoms in total. The summed E-state index contributed by atoms with van der Waals surface area (Å²) in [6, 6.07) is 11.0. The number of rotatable bonds is 1. The number of allylic oxidation sites excluding steroid dienone is 2. The summed E-state index contributed by atoms with van der Waals surface area (Å²) in [5.41, 5.74) is 4.27. The van der Waals surface area contributed by atoms with Gasteiger partial charge in [-0.25, -0.2) is 0 Å². The molecule has 0 amide bonds. The van der Waals surface area contributed by atoms with Crippen LogP contribution in [0.1, 0.15) is 31.9 Å². The Bertz CT molecular complexity index is 574. The fourth-order valence-corrected chi connectivity index (χ4v) is 2.79. The molecule has 1 aromatic carbocycles. The van der Waals surface area contributed by atoms with Crippen molar-refractivity contribution < 1.29 is 0 Å². The predicted molar refractivity (Wildman–Crippen MR) is 73.9 cm³/mol. The fourth-order valence-electron chi connectivity index (χ4n) is 2.79. The van der Waals surface area contributed by atoms with Crippen molar-refractivity contribution in [2.24, 2.45) is 13.0 Å². The van der Waals surface area contributed by atoms with Crippen LogP contribution in [0.2, 0.25) is 0 Å². The first-order chi connectivity index (χ1) is 8.25. The molecular formula is C16H19N. The van der Waals surface area contributed by atoms with E-state index >= 15 is 0 Å². The van der Waals surface area contributed by atoms with Crippen molar-refractivity contribution in [3.05, 3.63) is 42.1 Å². The maximum Gasteiger partial charge on any atom is 0.0482 e. The molecule has 2 aromatic rings. The SMILES string of the molecule is CC1CC=C(c2cc3ccccc3n2C)CC1. The highest BCUT2D eigenvalue weighted by Crippen LogP contribution is 2.32. The number of para-hydroxylation sites is 1. The van der Waals surface area contributed by atoms with Gasteiger partial charge in [0.25, 0.3) is 0 Å². The number of benzene rings is 1. The van der Waals surface area contributed by atoms with Gasteiger partial charge in [0, 0.05) is 23.6 Å². The van der Waals surface area contributed by atoms with Gasteiger partial charge in [-0.1, -0.05) is 31.2 Å². The molecule has 1 unspecified atom stereocenters. The molecule has 0 saturated heterocycles. The van der Waals surface area contributed by atoms with Crippen molar-refractivity contribution in [1.82, 2.24) is 4.57 Å². The molecule has 1 aliphatic rings. The Morgan fingerprint density at radius 2 is 2.06 bits per heavy atom. The van der Waals surface area contributed by atoms with Gasteiger partial charge in [0.15, 0.2) is 0 Å². The molecule has 88 valence electrons. The Kier molecular flexibility index (Phi) is 2.54. The lowest BCUT2D eigenvalue weighted by Gasteiger charge is -2.18. The number of fused-ring (bicyclic) bond motifs is 1. The summed E-state index contributed by atoms with van der Waals surface area (Å²) in [7, 11) is 2.18. The normalized spacial score (nSPS) is 20.6. The smallest absolute Gasteiger partial charge is 0.0482 e. The van der Waals surface area contributed by atoms with Crippen molar-refractivity contribution in [2.45, 2.75) is 26.2 Å². The Morgan fingerprint density at radius 3 is 2.76 bits per heavy atom. The molecule has 0 bridgehead atoms. The summed E-state index contributed by atoms with van der Waals surface area (Å²) in [6.07, 6.45) is 6.22. The first-order valence-corrected chi connectivity index (χ1v) is 6.49. The number of hydrogen-bond donors (Lipinski definition) is 0. The number of nitrogens with zero attached hydrogens (tertiary/aromatic N) is 1. The topological polar surface area (TPSA) is 4.93 Å². The van der Waals surface area contributed by atoms with Crippen LogP contribution in [-0.2, 0) is 7.05 Å². The molecule has 0 spiro atoms. The van der Waals surface area contributed by atoms with E-state index in [1.807, 2.05) is 0 Å². The van der Waals surface area contributed by atoms with E-state index in [1.165, 1.54) is 41.4 Å². The van der Waals surface area contributed by atoms with E-state index in [0.717, 1.165) is 5.92 Å². The highest BCUT2D eigenvalue weighted by molar-refractivity contribution is 5.85. The van der Waals surface area contributed by atoms with Gasteiger partial charge >= 0.3 is 0 Å². The number of hydrogen-bond acceptors (Lipinski definition) is 0. The molecule has 3 rings (SSSR count). The van der Waals surface area contributed by atoms with Crippen LogP contribution < -0.4 is 0 Å². The first-order valence-electron chi connectivity index (χ1n) is 6.49. The van der Waals surface area contributed by atoms with Crippen LogP contribution in [0.4, 0.5) is 0 Å². The molecule has 1 atom stereocenters. The summed E-state index contributed by atoms with van der Waals surface area (Å²) in [4.78, 5) is 0. The summed E-state index contributed by atoms with van der Waals surface area (Å²) >= 11 is 0. The molecule has 0 radical (unpaired) electrons. The Morgan fingerprint density at radius 1 is 1.24 bits per heavy atom. The molecule has 17 heavy (non-hydrogen) atoms. The number of aryl methyl sites for hydroxylation is 1. The second kappa shape index (κ2) is 4.06. The first kappa shape index (κ1) is 10.6. The molecule has 0 fully saturated rings. The standard InChI is InChI=1S/C16H19N/c1-12-7-9-13(10-8-12)16-11-14-5-3-4-6-15(14)17(16)2/h3-6,9,11-12H,7-8,10H2,1-2H3. The van der Waals surface area contributed by atoms with E-state index in [-0.39, 0.29) is 0 Å². The highest BCUT2D eigenvalue weighted by Gasteiger charge is 2.14. The minimum absolute atomic E-state index is 0.855. The van der Waals surface area contributed by atoms with E-state index in [0.29, 0.717) is 0 Å². The lowest BCUT2D eigenvalue weighted by Crippen LogP contribution is -2.03. The van der Waals surface area contributed by atoms with Crippen molar-refractivity contribution in [2.75, 3.05) is 0 Å². The molecule has 1 aliphatic carbocycles. The molecule has 0 N–H and O–H groups in total. The minimum atomic E-state index is 0.855. The van der Waals surface area contributed by atoms with E-state index in [1.54, 1.807) is 0 Å². The van der Waals surface area contributed by atoms with Gasteiger partial charge in [0.1, 0.15) is 0 Å². The average molecular weight is 225 g/mol. The van der Waals surface area contributed by atoms with Gasteiger partial charge < -0.3 is 4.57 Å². The average Bonchev–Trinajstić information content (AvgIpc) is 2.69. The summed E-state index contributed by atoms with van der Waals surface area (Å²) < 4.78 is 2.33. The van der Waals surface area contributed by atoms with E-state index in [4.69, 9.17) is 0 Å². The van der Waals surface area contributed by atoms with Crippen molar-refractivity contribution in [1.29, 1.82) is 0 Å². The van der Waals surface area contributed by atoms with Crippen molar-refractivity contribution >= 4 is 16.5 Å². The van der Waals surface area contributed by atoms with Crippen LogP contribution >= 0.6 is 0 Å². The third-order valence-electron chi connectivity index (χ3n) is 3.95. The fraction of sp³-hybridized carbons (Fsp3) is 0.375. The highest BCUT2D eigenvalue weighted by atomic mass is 14.9. The third kappa shape index (κ3) is 1.80. The summed E-state index contributed by atoms with van der Waals surface area (Å²) in [5.74, 6) is 0.855. The zero-order chi connectivity index (χ0) is 11.8. The Balaban J connectivity index is 2.09. The van der Waals surface area contributed by atoms with Gasteiger partial charge in [-0.15, -0.1) is 0 Å². The number of aromatic nitrogens is 1. The van der Waals surface area contributed by atoms with Crippen LogP contribution in [0, 0.1) is 5.92 Å². The lowest BCUT2D eigenvalue weighted by atomic mass is 9.89. The van der Waals surface area contributed by atoms with Crippen molar-refractivity contribution in [3.8, 4) is 0 Å². The van der Waals surface area contributed by atoms with Crippen LogP contribution in [0.5, 0.6) is 0 Å². The predicted octanol–water partition coefficient (Wildman–Crippen LogP) is 4.38. The molecule has 0 aliphatic heterocycles. The minimum Gasteiger partial charge on any atom is -0.344 e. The van der Waals surface area contributed by atoms with Crippen molar-refractivity contribution in [3.63, 3.8) is 0 Å². The van der Waals surface area contributed by atoms with Gasteiger partial charge in [-0.2, -0.15) is 0 Å². The van der Waals surface area contributed by atoms with E-state index in [9.17, 15) is 0 Å². The molecule has 1 aromatic heterocycles. The zero-order valence-corrected chi connectivity index (χ0v) is 10.6. The molecular weight excluding hydrogens is 206 g/mol. The van der Waals surface area contributed by atoms with Gasteiger partial charge in [-0.05, 0) is 42.9 Å². The largest absolute Gasteiger partial charge is 0.344 e. The summed E-state index contributed by atoms with van der Waals surface area (Å²) in [6.45, 7) is 2.34. The lowest BCUT2D eigenvalue weighted by molar-refractivity contribution is 0.532. The van der Waals surface area contributed by atoms with E-state index < -0.39 is 0 Å². The summed E-state index contributed by atoms with van der Waals surface area (Å²) in [5, 5.41) is 1.35. The van der Waals surface area contributed by atoms with Gasteiger partial charge in [-0.3, -0.25) is 0 Å². The Hall–Kier alpha value is -1.50. The third-order valence-corrected chi connectivity index (χ3v) is 3.95. The maximum atomic E-state index is 2.43.